The Kier molecular flexibility index (Phi) is 4.02. The van der Waals surface area contributed by atoms with Crippen LogP contribution in [0.2, 0.25) is 10.3 Å². The van der Waals surface area contributed by atoms with Crippen molar-refractivity contribution in [1.82, 2.24) is 19.5 Å². The Bertz CT molecular complexity index is 746. The minimum atomic E-state index is -4.02. The van der Waals surface area contributed by atoms with Crippen LogP contribution in [0.25, 0.3) is 0 Å². The summed E-state index contributed by atoms with van der Waals surface area (Å²) in [4.78, 5) is 11.3. The van der Waals surface area contributed by atoms with Gasteiger partial charge in [0.05, 0.1) is 13.4 Å². The first-order valence-electron chi connectivity index (χ1n) is 5.11. The molecule has 0 fully saturated rings. The molecule has 0 bridgehead atoms. The molecule has 0 aliphatic rings. The first-order chi connectivity index (χ1) is 9.33. The molecule has 108 valence electrons. The van der Waals surface area contributed by atoms with E-state index in [2.05, 4.69) is 19.7 Å². The SMILES string of the molecule is COc1cc(Cl)nc(NS(=O)(=O)c2ncn(C)c2Cl)n1. The number of hydrogen-bond acceptors (Lipinski definition) is 6. The second kappa shape index (κ2) is 5.43. The third kappa shape index (κ3) is 2.94. The molecule has 0 atom stereocenters. The van der Waals surface area contributed by atoms with Gasteiger partial charge in [0.1, 0.15) is 10.3 Å². The molecule has 2 heterocycles. The van der Waals surface area contributed by atoms with Gasteiger partial charge in [-0.05, 0) is 0 Å². The Hall–Kier alpha value is -1.58. The molecule has 8 nitrogen and oxygen atoms in total. The molecule has 1 N–H and O–H groups in total. The number of nitrogens with zero attached hydrogens (tertiary/aromatic N) is 4. The van der Waals surface area contributed by atoms with Crippen LogP contribution in [0.3, 0.4) is 0 Å². The molecule has 20 heavy (non-hydrogen) atoms. The van der Waals surface area contributed by atoms with Gasteiger partial charge >= 0.3 is 0 Å². The maximum Gasteiger partial charge on any atom is 0.284 e. The van der Waals surface area contributed by atoms with E-state index in [9.17, 15) is 8.42 Å². The lowest BCUT2D eigenvalue weighted by Crippen LogP contribution is -2.16. The predicted molar refractivity (Wildman–Crippen MR) is 72.6 cm³/mol. The first-order valence-corrected chi connectivity index (χ1v) is 7.35. The van der Waals surface area contributed by atoms with Crippen molar-refractivity contribution in [2.45, 2.75) is 5.03 Å². The molecule has 0 amide bonds. The van der Waals surface area contributed by atoms with Gasteiger partial charge in [-0.1, -0.05) is 23.2 Å². The summed E-state index contributed by atoms with van der Waals surface area (Å²) in [6, 6.07) is 1.34. The number of sulfonamides is 1. The third-order valence-corrected chi connectivity index (χ3v) is 4.21. The van der Waals surface area contributed by atoms with Crippen LogP contribution >= 0.6 is 23.2 Å². The Balaban J connectivity index is 2.38. The van der Waals surface area contributed by atoms with Crippen molar-refractivity contribution in [3.63, 3.8) is 0 Å². The molecule has 0 aromatic carbocycles. The van der Waals surface area contributed by atoms with Crippen molar-refractivity contribution in [3.8, 4) is 5.88 Å². The average Bonchev–Trinajstić information content (AvgIpc) is 2.69. The summed E-state index contributed by atoms with van der Waals surface area (Å²) < 4.78 is 32.6. The van der Waals surface area contributed by atoms with Crippen molar-refractivity contribution >= 4 is 39.2 Å². The Labute approximate surface area is 124 Å². The third-order valence-electron chi connectivity index (χ3n) is 2.20. The highest BCUT2D eigenvalue weighted by atomic mass is 35.5. The van der Waals surface area contributed by atoms with Gasteiger partial charge in [-0.2, -0.15) is 13.4 Å². The van der Waals surface area contributed by atoms with E-state index in [4.69, 9.17) is 27.9 Å². The number of rotatable bonds is 4. The Morgan fingerprint density at radius 3 is 2.60 bits per heavy atom. The molecule has 11 heteroatoms. The number of imidazole rings is 1. The number of halogens is 2. The van der Waals surface area contributed by atoms with Gasteiger partial charge in [0.2, 0.25) is 16.9 Å². The fourth-order valence-electron chi connectivity index (χ4n) is 1.29. The smallest absolute Gasteiger partial charge is 0.284 e. The zero-order chi connectivity index (χ0) is 14.9. The van der Waals surface area contributed by atoms with Crippen LogP contribution < -0.4 is 9.46 Å². The zero-order valence-electron chi connectivity index (χ0n) is 10.3. The van der Waals surface area contributed by atoms with E-state index < -0.39 is 10.0 Å². The molecule has 0 saturated heterocycles. The molecular weight excluding hydrogens is 329 g/mol. The van der Waals surface area contributed by atoms with Crippen molar-refractivity contribution in [1.29, 1.82) is 0 Å². The molecule has 2 aromatic rings. The van der Waals surface area contributed by atoms with E-state index in [1.54, 1.807) is 7.05 Å². The van der Waals surface area contributed by atoms with Crippen molar-refractivity contribution in [3.05, 3.63) is 22.7 Å². The summed E-state index contributed by atoms with van der Waals surface area (Å²) in [5.74, 6) is -0.120. The molecule has 0 aliphatic heterocycles. The van der Waals surface area contributed by atoms with Crippen molar-refractivity contribution in [2.75, 3.05) is 11.8 Å². The molecule has 0 aliphatic carbocycles. The molecule has 0 spiro atoms. The Morgan fingerprint density at radius 1 is 1.35 bits per heavy atom. The highest BCUT2D eigenvalue weighted by Crippen LogP contribution is 2.22. The predicted octanol–water partition coefficient (Wildman–Crippen LogP) is 1.33. The lowest BCUT2D eigenvalue weighted by atomic mass is 10.6. The summed E-state index contributed by atoms with van der Waals surface area (Å²) in [6.07, 6.45) is 1.27. The second-order valence-corrected chi connectivity index (χ2v) is 5.96. The topological polar surface area (TPSA) is 99.0 Å². The van der Waals surface area contributed by atoms with Crippen LogP contribution in [0.5, 0.6) is 5.88 Å². The summed E-state index contributed by atoms with van der Waals surface area (Å²) in [6.45, 7) is 0. The number of hydrogen-bond donors (Lipinski definition) is 1. The molecule has 0 unspecified atom stereocenters. The van der Waals surface area contributed by atoms with E-state index in [0.717, 1.165) is 0 Å². The van der Waals surface area contributed by atoms with Gasteiger partial charge in [0.15, 0.2) is 0 Å². The summed E-state index contributed by atoms with van der Waals surface area (Å²) >= 11 is 11.6. The fraction of sp³-hybridized carbons (Fsp3) is 0.222. The Morgan fingerprint density at radius 2 is 2.05 bits per heavy atom. The maximum atomic E-state index is 12.1. The van der Waals surface area contributed by atoms with Crippen LogP contribution in [-0.4, -0.2) is 35.0 Å². The van der Waals surface area contributed by atoms with Crippen LogP contribution in [0.1, 0.15) is 0 Å². The molecule has 0 radical (unpaired) electrons. The highest BCUT2D eigenvalue weighted by Gasteiger charge is 2.23. The molecule has 2 aromatic heterocycles. The quantitative estimate of drug-likeness (QED) is 0.845. The minimum Gasteiger partial charge on any atom is -0.481 e. The normalized spacial score (nSPS) is 11.4. The largest absolute Gasteiger partial charge is 0.481 e. The van der Waals surface area contributed by atoms with Crippen LogP contribution in [0.4, 0.5) is 5.95 Å². The zero-order valence-corrected chi connectivity index (χ0v) is 12.7. The fourth-order valence-corrected chi connectivity index (χ4v) is 2.84. The standard InChI is InChI=1S/C9H9Cl2N5O3S/c1-16-4-12-8(7(16)11)20(17,18)15-9-13-5(10)3-6(14-9)19-2/h3-4H,1-2H3,(H,13,14,15). The van der Waals surface area contributed by atoms with Gasteiger partial charge in [0.25, 0.3) is 10.0 Å². The van der Waals surface area contributed by atoms with Gasteiger partial charge in [-0.15, -0.1) is 0 Å². The number of aryl methyl sites for hydroxylation is 1. The summed E-state index contributed by atoms with van der Waals surface area (Å²) in [7, 11) is -1.09. The van der Waals surface area contributed by atoms with E-state index in [1.165, 1.54) is 24.1 Å². The van der Waals surface area contributed by atoms with Gasteiger partial charge in [-0.25, -0.2) is 14.7 Å². The van der Waals surface area contributed by atoms with Gasteiger partial charge in [0, 0.05) is 13.1 Å². The number of anilines is 1. The summed E-state index contributed by atoms with van der Waals surface area (Å²) in [5.41, 5.74) is 0. The second-order valence-electron chi connectivity index (χ2n) is 3.61. The maximum absolute atomic E-state index is 12.1. The number of methoxy groups -OCH3 is 1. The van der Waals surface area contributed by atoms with Crippen molar-refractivity contribution < 1.29 is 13.2 Å². The number of nitrogens with one attached hydrogen (secondary N) is 1. The van der Waals surface area contributed by atoms with Gasteiger partial charge in [-0.3, -0.25) is 0 Å². The van der Waals surface area contributed by atoms with E-state index in [0.29, 0.717) is 0 Å². The van der Waals surface area contributed by atoms with Crippen molar-refractivity contribution in [2.24, 2.45) is 7.05 Å². The van der Waals surface area contributed by atoms with Crippen LogP contribution in [-0.2, 0) is 17.1 Å². The molecular formula is C9H9Cl2N5O3S. The summed E-state index contributed by atoms with van der Waals surface area (Å²) in [5, 5.41) is -0.336. The van der Waals surface area contributed by atoms with Gasteiger partial charge < -0.3 is 9.30 Å². The van der Waals surface area contributed by atoms with Crippen LogP contribution in [0, 0.1) is 0 Å². The lowest BCUT2D eigenvalue weighted by molar-refractivity contribution is 0.397. The van der Waals surface area contributed by atoms with E-state index in [1.807, 2.05) is 0 Å². The monoisotopic (exact) mass is 337 g/mol. The minimum absolute atomic E-state index is 0.0293. The lowest BCUT2D eigenvalue weighted by Gasteiger charge is -2.06. The molecule has 0 saturated carbocycles. The van der Waals surface area contributed by atoms with E-state index >= 15 is 0 Å². The number of ether oxygens (including phenoxy) is 1. The van der Waals surface area contributed by atoms with Crippen LogP contribution in [0.15, 0.2) is 17.4 Å². The average molecular weight is 338 g/mol. The molecule has 2 rings (SSSR count). The highest BCUT2D eigenvalue weighted by molar-refractivity contribution is 7.92. The number of aromatic nitrogens is 4. The van der Waals surface area contributed by atoms with E-state index in [-0.39, 0.29) is 27.2 Å². The first kappa shape index (κ1) is 14.8.